The van der Waals surface area contributed by atoms with E-state index in [0.717, 1.165) is 5.56 Å². The van der Waals surface area contributed by atoms with E-state index in [1.54, 1.807) is 18.2 Å². The third kappa shape index (κ3) is 3.43. The molecule has 3 aromatic rings. The third-order valence-electron chi connectivity index (χ3n) is 4.36. The molecule has 0 atom stereocenters. The van der Waals surface area contributed by atoms with Crippen molar-refractivity contribution in [3.8, 4) is 28.5 Å². The van der Waals surface area contributed by atoms with Crippen LogP contribution in [-0.4, -0.2) is 4.98 Å². The molecule has 26 heavy (non-hydrogen) atoms. The SMILES string of the molecule is CC(C)(C)c1ccc(-c2cc(-c3ccc(F)cc3)[nH]c(=O)c2C#N)cc1. The minimum Gasteiger partial charge on any atom is -0.321 e. The van der Waals surface area contributed by atoms with E-state index in [1.165, 1.54) is 17.7 Å². The Morgan fingerprint density at radius 1 is 0.962 bits per heavy atom. The van der Waals surface area contributed by atoms with Crippen LogP contribution in [-0.2, 0) is 5.41 Å². The van der Waals surface area contributed by atoms with Crippen LogP contribution in [0.15, 0.2) is 59.4 Å². The smallest absolute Gasteiger partial charge is 0.266 e. The lowest BCUT2D eigenvalue weighted by atomic mass is 9.86. The number of aromatic nitrogens is 1. The summed E-state index contributed by atoms with van der Waals surface area (Å²) in [5.74, 6) is -0.345. The van der Waals surface area contributed by atoms with Crippen molar-refractivity contribution < 1.29 is 4.39 Å². The van der Waals surface area contributed by atoms with Crippen LogP contribution < -0.4 is 5.56 Å². The molecule has 0 aliphatic heterocycles. The highest BCUT2D eigenvalue weighted by Crippen LogP contribution is 2.29. The average molecular weight is 346 g/mol. The molecule has 0 saturated heterocycles. The second kappa shape index (κ2) is 6.61. The van der Waals surface area contributed by atoms with Gasteiger partial charge in [-0.1, -0.05) is 45.0 Å². The molecule has 0 fully saturated rings. The van der Waals surface area contributed by atoms with Gasteiger partial charge in [-0.2, -0.15) is 5.26 Å². The minimum absolute atomic E-state index is 0.0179. The Balaban J connectivity index is 2.15. The zero-order chi connectivity index (χ0) is 18.9. The van der Waals surface area contributed by atoms with Crippen LogP contribution >= 0.6 is 0 Å². The summed E-state index contributed by atoms with van der Waals surface area (Å²) in [7, 11) is 0. The minimum atomic E-state index is -0.454. The number of nitriles is 1. The van der Waals surface area contributed by atoms with Crippen LogP contribution in [0.4, 0.5) is 4.39 Å². The van der Waals surface area contributed by atoms with Crippen molar-refractivity contribution in [2.45, 2.75) is 26.2 Å². The van der Waals surface area contributed by atoms with E-state index in [-0.39, 0.29) is 16.8 Å². The van der Waals surface area contributed by atoms with Crippen molar-refractivity contribution in [1.29, 1.82) is 5.26 Å². The van der Waals surface area contributed by atoms with Gasteiger partial charge in [0.1, 0.15) is 17.4 Å². The number of H-pyrrole nitrogens is 1. The summed E-state index contributed by atoms with van der Waals surface area (Å²) in [5.41, 5.74) is 3.39. The predicted molar refractivity (Wildman–Crippen MR) is 101 cm³/mol. The molecule has 1 N–H and O–H groups in total. The van der Waals surface area contributed by atoms with E-state index in [0.29, 0.717) is 16.8 Å². The second-order valence-electron chi connectivity index (χ2n) is 7.25. The topological polar surface area (TPSA) is 56.6 Å². The van der Waals surface area contributed by atoms with Crippen LogP contribution in [0.2, 0.25) is 0 Å². The normalized spacial score (nSPS) is 11.2. The first-order valence-corrected chi connectivity index (χ1v) is 8.34. The molecule has 0 aliphatic carbocycles. The zero-order valence-corrected chi connectivity index (χ0v) is 14.9. The number of hydrogen-bond donors (Lipinski definition) is 1. The molecular weight excluding hydrogens is 327 g/mol. The summed E-state index contributed by atoms with van der Waals surface area (Å²) in [6.45, 7) is 6.38. The van der Waals surface area contributed by atoms with Crippen molar-refractivity contribution >= 4 is 0 Å². The number of aromatic amines is 1. The van der Waals surface area contributed by atoms with Crippen molar-refractivity contribution in [3.05, 3.63) is 81.9 Å². The summed E-state index contributed by atoms with van der Waals surface area (Å²) in [5, 5.41) is 9.42. The fraction of sp³-hybridized carbons (Fsp3) is 0.182. The number of nitrogens with one attached hydrogen (secondary N) is 1. The van der Waals surface area contributed by atoms with Gasteiger partial charge in [-0.3, -0.25) is 4.79 Å². The second-order valence-corrected chi connectivity index (χ2v) is 7.25. The van der Waals surface area contributed by atoms with Crippen molar-refractivity contribution in [2.75, 3.05) is 0 Å². The molecule has 0 bridgehead atoms. The first kappa shape index (κ1) is 17.6. The molecular formula is C22H19FN2O. The van der Waals surface area contributed by atoms with E-state index >= 15 is 0 Å². The summed E-state index contributed by atoms with van der Waals surface area (Å²) in [6, 6.07) is 17.5. The lowest BCUT2D eigenvalue weighted by molar-refractivity contribution is 0.590. The largest absolute Gasteiger partial charge is 0.321 e. The number of rotatable bonds is 2. The molecule has 3 nitrogen and oxygen atoms in total. The fourth-order valence-corrected chi connectivity index (χ4v) is 2.83. The molecule has 130 valence electrons. The number of benzene rings is 2. The number of halogens is 1. The fourth-order valence-electron chi connectivity index (χ4n) is 2.83. The quantitative estimate of drug-likeness (QED) is 0.708. The van der Waals surface area contributed by atoms with Crippen LogP contribution in [0, 0.1) is 17.1 Å². The van der Waals surface area contributed by atoms with Crippen molar-refractivity contribution in [2.24, 2.45) is 0 Å². The maximum absolute atomic E-state index is 13.2. The number of hydrogen-bond acceptors (Lipinski definition) is 2. The monoisotopic (exact) mass is 346 g/mol. The molecule has 0 amide bonds. The maximum Gasteiger partial charge on any atom is 0.266 e. The summed E-state index contributed by atoms with van der Waals surface area (Å²) < 4.78 is 13.2. The van der Waals surface area contributed by atoms with Crippen molar-refractivity contribution in [1.82, 2.24) is 4.98 Å². The summed E-state index contributed by atoms with van der Waals surface area (Å²) in [4.78, 5) is 15.1. The van der Waals surface area contributed by atoms with Gasteiger partial charge >= 0.3 is 0 Å². The Morgan fingerprint density at radius 2 is 1.54 bits per heavy atom. The molecule has 0 saturated carbocycles. The van der Waals surface area contributed by atoms with Gasteiger partial charge in [-0.05, 0) is 52.4 Å². The molecule has 2 aromatic carbocycles. The van der Waals surface area contributed by atoms with Gasteiger partial charge in [0, 0.05) is 11.3 Å². The van der Waals surface area contributed by atoms with Crippen LogP contribution in [0.1, 0.15) is 31.9 Å². The van der Waals surface area contributed by atoms with E-state index < -0.39 is 5.56 Å². The molecule has 4 heteroatoms. The van der Waals surface area contributed by atoms with Gasteiger partial charge < -0.3 is 4.98 Å². The molecule has 0 spiro atoms. The van der Waals surface area contributed by atoms with E-state index in [4.69, 9.17) is 0 Å². The van der Waals surface area contributed by atoms with E-state index in [9.17, 15) is 14.4 Å². The Hall–Kier alpha value is -3.19. The first-order valence-electron chi connectivity index (χ1n) is 8.34. The Labute approximate surface area is 151 Å². The Morgan fingerprint density at radius 3 is 2.08 bits per heavy atom. The van der Waals surface area contributed by atoms with Crippen LogP contribution in [0.3, 0.4) is 0 Å². The first-order chi connectivity index (χ1) is 12.3. The van der Waals surface area contributed by atoms with Gasteiger partial charge in [0.2, 0.25) is 0 Å². The molecule has 3 rings (SSSR count). The third-order valence-corrected chi connectivity index (χ3v) is 4.36. The van der Waals surface area contributed by atoms with Gasteiger partial charge in [0.05, 0.1) is 0 Å². The lowest BCUT2D eigenvalue weighted by Gasteiger charge is -2.19. The zero-order valence-electron chi connectivity index (χ0n) is 14.9. The highest BCUT2D eigenvalue weighted by molar-refractivity contribution is 5.75. The van der Waals surface area contributed by atoms with E-state index in [2.05, 4.69) is 25.8 Å². The molecule has 0 unspecified atom stereocenters. The lowest BCUT2D eigenvalue weighted by Crippen LogP contribution is -2.13. The van der Waals surface area contributed by atoms with E-state index in [1.807, 2.05) is 30.3 Å². The van der Waals surface area contributed by atoms with Gasteiger partial charge in [-0.25, -0.2) is 4.39 Å². The van der Waals surface area contributed by atoms with Crippen LogP contribution in [0.5, 0.6) is 0 Å². The van der Waals surface area contributed by atoms with Gasteiger partial charge in [0.15, 0.2) is 0 Å². The maximum atomic E-state index is 13.2. The van der Waals surface area contributed by atoms with Crippen molar-refractivity contribution in [3.63, 3.8) is 0 Å². The highest BCUT2D eigenvalue weighted by Gasteiger charge is 2.16. The summed E-state index contributed by atoms with van der Waals surface area (Å²) >= 11 is 0. The average Bonchev–Trinajstić information content (AvgIpc) is 2.61. The number of pyridine rings is 1. The standard InChI is InChI=1S/C22H19FN2O/c1-22(2,3)16-8-4-14(5-9-16)18-12-20(25-21(26)19(18)13-24)15-6-10-17(23)11-7-15/h4-12H,1-3H3,(H,25,26). The highest BCUT2D eigenvalue weighted by atomic mass is 19.1. The molecule has 0 radical (unpaired) electrons. The Kier molecular flexibility index (Phi) is 4.48. The molecule has 1 heterocycles. The molecule has 1 aromatic heterocycles. The predicted octanol–water partition coefficient (Wildman–Crippen LogP) is 5.02. The van der Waals surface area contributed by atoms with Gasteiger partial charge in [-0.15, -0.1) is 0 Å². The Bertz CT molecular complexity index is 1030. The van der Waals surface area contributed by atoms with Gasteiger partial charge in [0.25, 0.3) is 5.56 Å². The summed E-state index contributed by atoms with van der Waals surface area (Å²) in [6.07, 6.45) is 0. The molecule has 0 aliphatic rings. The van der Waals surface area contributed by atoms with Crippen LogP contribution in [0.25, 0.3) is 22.4 Å². The number of nitrogens with zero attached hydrogens (tertiary/aromatic N) is 1.